The summed E-state index contributed by atoms with van der Waals surface area (Å²) in [7, 11) is 0. The highest BCUT2D eigenvalue weighted by atomic mass is 19.4. The summed E-state index contributed by atoms with van der Waals surface area (Å²) in [4.78, 5) is 6.36. The fourth-order valence-electron chi connectivity index (χ4n) is 3.27. The van der Waals surface area contributed by atoms with Gasteiger partial charge in [-0.25, -0.2) is 4.98 Å². The molecule has 1 aromatic heterocycles. The first-order chi connectivity index (χ1) is 12.2. The van der Waals surface area contributed by atoms with Gasteiger partial charge in [-0.3, -0.25) is 0 Å². The van der Waals surface area contributed by atoms with E-state index in [1.807, 2.05) is 13.8 Å². The van der Waals surface area contributed by atoms with Gasteiger partial charge < -0.3 is 14.4 Å². The number of rotatable bonds is 4. The molecule has 142 valence electrons. The Balaban J connectivity index is 2.26. The van der Waals surface area contributed by atoms with E-state index in [2.05, 4.69) is 9.88 Å². The predicted octanol–water partition coefficient (Wildman–Crippen LogP) is 5.04. The molecule has 4 nitrogen and oxygen atoms in total. The van der Waals surface area contributed by atoms with Gasteiger partial charge >= 0.3 is 6.18 Å². The zero-order valence-corrected chi connectivity index (χ0v) is 15.4. The van der Waals surface area contributed by atoms with Gasteiger partial charge in [0, 0.05) is 12.6 Å². The number of fused-ring (bicyclic) bond motifs is 3. The standard InChI is InChI=1S/C19H23F3N2O2/c1-5-8-24-12(4)10-25-18-15(24)7-6-14-17(18)13(19(20,21)22)9-16(23-14)26-11(2)3/h6-7,9,11-12H,5,8,10H2,1-4H3/t12-/m1/s1. The second-order valence-corrected chi connectivity index (χ2v) is 6.83. The molecule has 0 N–H and O–H groups in total. The number of ether oxygens (including phenoxy) is 2. The molecule has 0 radical (unpaired) electrons. The molecule has 1 aromatic carbocycles. The molecule has 0 fully saturated rings. The van der Waals surface area contributed by atoms with Crippen LogP contribution >= 0.6 is 0 Å². The van der Waals surface area contributed by atoms with Crippen LogP contribution in [0.25, 0.3) is 10.9 Å². The summed E-state index contributed by atoms with van der Waals surface area (Å²) in [5, 5.41) is -0.000825. The predicted molar refractivity (Wildman–Crippen MR) is 95.1 cm³/mol. The average Bonchev–Trinajstić information content (AvgIpc) is 2.54. The number of aromatic nitrogens is 1. The lowest BCUT2D eigenvalue weighted by Crippen LogP contribution is -2.41. The third-order valence-electron chi connectivity index (χ3n) is 4.32. The molecule has 7 heteroatoms. The first kappa shape index (κ1) is 18.6. The van der Waals surface area contributed by atoms with E-state index in [9.17, 15) is 13.2 Å². The maximum Gasteiger partial charge on any atom is 0.417 e. The minimum absolute atomic E-state index is 0.000825. The number of alkyl halides is 3. The van der Waals surface area contributed by atoms with E-state index >= 15 is 0 Å². The molecule has 0 aliphatic carbocycles. The summed E-state index contributed by atoms with van der Waals surface area (Å²) < 4.78 is 52.5. The minimum atomic E-state index is -4.53. The Morgan fingerprint density at radius 3 is 2.69 bits per heavy atom. The number of hydrogen-bond donors (Lipinski definition) is 0. The van der Waals surface area contributed by atoms with E-state index in [0.29, 0.717) is 12.3 Å². The number of pyridine rings is 1. The number of benzene rings is 1. The van der Waals surface area contributed by atoms with Crippen molar-refractivity contribution in [1.29, 1.82) is 0 Å². The highest BCUT2D eigenvalue weighted by Gasteiger charge is 2.37. The molecule has 1 aliphatic rings. The van der Waals surface area contributed by atoms with Crippen LogP contribution in [0.15, 0.2) is 18.2 Å². The van der Waals surface area contributed by atoms with Crippen LogP contribution in [0.5, 0.6) is 11.6 Å². The Kier molecular flexibility index (Phi) is 4.90. The zero-order valence-electron chi connectivity index (χ0n) is 15.4. The molecule has 1 aliphatic heterocycles. The zero-order chi connectivity index (χ0) is 19.1. The lowest BCUT2D eigenvalue weighted by Gasteiger charge is -2.37. The summed E-state index contributed by atoms with van der Waals surface area (Å²) in [6.07, 6.45) is -3.91. The Labute approximate surface area is 150 Å². The molecular formula is C19H23F3N2O2. The van der Waals surface area contributed by atoms with Crippen LogP contribution in [-0.4, -0.2) is 30.3 Å². The number of halogens is 3. The van der Waals surface area contributed by atoms with Crippen molar-refractivity contribution in [2.45, 2.75) is 52.4 Å². The molecule has 0 unspecified atom stereocenters. The van der Waals surface area contributed by atoms with Crippen LogP contribution in [-0.2, 0) is 6.18 Å². The summed E-state index contributed by atoms with van der Waals surface area (Å²) in [5.74, 6) is 0.222. The monoisotopic (exact) mass is 368 g/mol. The largest absolute Gasteiger partial charge is 0.489 e. The number of hydrogen-bond acceptors (Lipinski definition) is 4. The summed E-state index contributed by atoms with van der Waals surface area (Å²) >= 11 is 0. The first-order valence-corrected chi connectivity index (χ1v) is 8.83. The van der Waals surface area contributed by atoms with Crippen LogP contribution in [0.4, 0.5) is 18.9 Å². The van der Waals surface area contributed by atoms with Gasteiger partial charge in [-0.1, -0.05) is 6.92 Å². The Bertz CT molecular complexity index is 805. The van der Waals surface area contributed by atoms with Gasteiger partial charge in [-0.15, -0.1) is 0 Å². The van der Waals surface area contributed by atoms with Crippen molar-refractivity contribution < 1.29 is 22.6 Å². The number of nitrogens with zero attached hydrogens (tertiary/aromatic N) is 2. The van der Waals surface area contributed by atoms with Gasteiger partial charge in [0.05, 0.1) is 34.3 Å². The maximum absolute atomic E-state index is 13.8. The third kappa shape index (κ3) is 3.39. The van der Waals surface area contributed by atoms with Crippen molar-refractivity contribution in [2.24, 2.45) is 0 Å². The van der Waals surface area contributed by atoms with E-state index in [0.717, 1.165) is 19.0 Å². The summed E-state index contributed by atoms with van der Waals surface area (Å²) in [6, 6.07) is 4.47. The quantitative estimate of drug-likeness (QED) is 0.757. The molecule has 0 bridgehead atoms. The second-order valence-electron chi connectivity index (χ2n) is 6.83. The van der Waals surface area contributed by atoms with Gasteiger partial charge in [0.15, 0.2) is 5.75 Å². The van der Waals surface area contributed by atoms with Gasteiger partial charge in [0.25, 0.3) is 0 Å². The van der Waals surface area contributed by atoms with Crippen LogP contribution in [0, 0.1) is 0 Å². The van der Waals surface area contributed by atoms with Crippen LogP contribution in [0.1, 0.15) is 39.7 Å². The Morgan fingerprint density at radius 1 is 1.35 bits per heavy atom. The summed E-state index contributed by atoms with van der Waals surface area (Å²) in [5.41, 5.74) is 0.129. The van der Waals surface area contributed by atoms with Crippen molar-refractivity contribution in [2.75, 3.05) is 18.1 Å². The van der Waals surface area contributed by atoms with Crippen LogP contribution < -0.4 is 14.4 Å². The molecule has 3 rings (SSSR count). The molecule has 2 aromatic rings. The fraction of sp³-hybridized carbons (Fsp3) is 0.526. The van der Waals surface area contributed by atoms with Crippen molar-refractivity contribution in [3.63, 3.8) is 0 Å². The average molecular weight is 368 g/mol. The molecule has 2 heterocycles. The Hall–Kier alpha value is -2.18. The molecule has 0 amide bonds. The van der Waals surface area contributed by atoms with E-state index in [-0.39, 0.29) is 34.7 Å². The normalized spacial score (nSPS) is 17.4. The van der Waals surface area contributed by atoms with Gasteiger partial charge in [0.2, 0.25) is 5.88 Å². The molecule has 0 spiro atoms. The molecule has 1 atom stereocenters. The molecule has 0 saturated carbocycles. The second kappa shape index (κ2) is 6.85. The van der Waals surface area contributed by atoms with E-state index in [4.69, 9.17) is 9.47 Å². The van der Waals surface area contributed by atoms with E-state index in [1.54, 1.807) is 26.0 Å². The topological polar surface area (TPSA) is 34.6 Å². The van der Waals surface area contributed by atoms with Crippen LogP contribution in [0.3, 0.4) is 0 Å². The smallest absolute Gasteiger partial charge is 0.417 e. The van der Waals surface area contributed by atoms with Crippen molar-refractivity contribution in [1.82, 2.24) is 4.98 Å². The van der Waals surface area contributed by atoms with Gasteiger partial charge in [-0.05, 0) is 39.3 Å². The minimum Gasteiger partial charge on any atom is -0.489 e. The fourth-order valence-corrected chi connectivity index (χ4v) is 3.27. The molecular weight excluding hydrogens is 345 g/mol. The van der Waals surface area contributed by atoms with Gasteiger partial charge in [-0.2, -0.15) is 13.2 Å². The lowest BCUT2D eigenvalue weighted by molar-refractivity contribution is -0.136. The highest BCUT2D eigenvalue weighted by molar-refractivity contribution is 5.95. The molecule has 26 heavy (non-hydrogen) atoms. The van der Waals surface area contributed by atoms with Crippen LogP contribution in [0.2, 0.25) is 0 Å². The van der Waals surface area contributed by atoms with Crippen molar-refractivity contribution in [3.05, 3.63) is 23.8 Å². The lowest BCUT2D eigenvalue weighted by atomic mass is 10.0. The Morgan fingerprint density at radius 2 is 2.08 bits per heavy atom. The summed E-state index contributed by atoms with van der Waals surface area (Å²) in [6.45, 7) is 8.64. The SMILES string of the molecule is CCCN1c2ccc3nc(OC(C)C)cc(C(F)(F)F)c3c2OC[C@H]1C. The molecule has 0 saturated heterocycles. The van der Waals surface area contributed by atoms with Gasteiger partial charge in [0.1, 0.15) is 6.61 Å². The van der Waals surface area contributed by atoms with Crippen molar-refractivity contribution >= 4 is 16.6 Å². The highest BCUT2D eigenvalue weighted by Crippen LogP contribution is 2.46. The van der Waals surface area contributed by atoms with E-state index in [1.165, 1.54) is 0 Å². The third-order valence-corrected chi connectivity index (χ3v) is 4.32. The number of anilines is 1. The maximum atomic E-state index is 13.8. The first-order valence-electron chi connectivity index (χ1n) is 8.83. The van der Waals surface area contributed by atoms with Crippen molar-refractivity contribution in [3.8, 4) is 11.6 Å². The van der Waals surface area contributed by atoms with E-state index < -0.39 is 11.7 Å².